The van der Waals surface area contributed by atoms with Gasteiger partial charge in [0.15, 0.2) is 10.6 Å². The third-order valence-corrected chi connectivity index (χ3v) is 3.23. The molecule has 0 radical (unpaired) electrons. The van der Waals surface area contributed by atoms with E-state index in [4.69, 9.17) is 12.2 Å². The minimum atomic E-state index is -0.142. The molecule has 1 N–H and O–H groups in total. The van der Waals surface area contributed by atoms with Crippen molar-refractivity contribution in [3.05, 3.63) is 27.6 Å². The molecule has 0 amide bonds. The number of nitrogens with zero attached hydrogens (tertiary/aromatic N) is 3. The van der Waals surface area contributed by atoms with Gasteiger partial charge in [0.2, 0.25) is 0 Å². The highest BCUT2D eigenvalue weighted by atomic mass is 79.9. The lowest BCUT2D eigenvalue weighted by Gasteiger charge is -2.22. The van der Waals surface area contributed by atoms with Crippen LogP contribution in [0, 0.1) is 4.77 Å². The van der Waals surface area contributed by atoms with Crippen molar-refractivity contribution in [1.29, 1.82) is 0 Å². The Hall–Kier alpha value is -1.01. The summed E-state index contributed by atoms with van der Waals surface area (Å²) in [5.74, 6) is 0.745. The molecule has 2 aromatic heterocycles. The summed E-state index contributed by atoms with van der Waals surface area (Å²) in [6, 6.07) is 3.81. The fourth-order valence-corrected chi connectivity index (χ4v) is 2.47. The van der Waals surface area contributed by atoms with Gasteiger partial charge in [0.05, 0.1) is 0 Å². The molecule has 0 unspecified atom stereocenters. The van der Waals surface area contributed by atoms with Gasteiger partial charge in [-0.15, -0.1) is 0 Å². The molecule has 0 aliphatic heterocycles. The van der Waals surface area contributed by atoms with E-state index in [2.05, 4.69) is 51.9 Å². The average Bonchev–Trinajstić information content (AvgIpc) is 2.60. The van der Waals surface area contributed by atoms with Crippen LogP contribution in [-0.2, 0) is 5.54 Å². The van der Waals surface area contributed by atoms with Gasteiger partial charge in [-0.3, -0.25) is 14.6 Å². The van der Waals surface area contributed by atoms with E-state index in [0.717, 1.165) is 16.0 Å². The van der Waals surface area contributed by atoms with Crippen molar-refractivity contribution in [2.24, 2.45) is 0 Å². The monoisotopic (exact) mass is 312 g/mol. The molecule has 0 saturated carbocycles. The van der Waals surface area contributed by atoms with Gasteiger partial charge in [-0.1, -0.05) is 0 Å². The van der Waals surface area contributed by atoms with Crippen molar-refractivity contribution in [2.75, 3.05) is 0 Å². The Balaban J connectivity index is 2.71. The van der Waals surface area contributed by atoms with Gasteiger partial charge < -0.3 is 0 Å². The molecule has 90 valence electrons. The van der Waals surface area contributed by atoms with E-state index in [0.29, 0.717) is 4.77 Å². The number of hydrogen-bond acceptors (Lipinski definition) is 3. The maximum atomic E-state index is 5.27. The molecule has 17 heavy (non-hydrogen) atoms. The van der Waals surface area contributed by atoms with Crippen LogP contribution in [0.15, 0.2) is 22.8 Å². The Bertz CT molecular complexity index is 594. The minimum absolute atomic E-state index is 0.142. The molecule has 0 aliphatic rings. The van der Waals surface area contributed by atoms with E-state index in [1.54, 1.807) is 6.20 Å². The number of aromatic nitrogens is 4. The first kappa shape index (κ1) is 12.4. The van der Waals surface area contributed by atoms with Crippen LogP contribution in [0.2, 0.25) is 0 Å². The summed E-state index contributed by atoms with van der Waals surface area (Å²) in [5, 5.41) is 7.09. The van der Waals surface area contributed by atoms with Gasteiger partial charge in [0.25, 0.3) is 0 Å². The Morgan fingerprint density at radius 3 is 2.71 bits per heavy atom. The lowest BCUT2D eigenvalue weighted by molar-refractivity contribution is 0.395. The lowest BCUT2D eigenvalue weighted by atomic mass is 10.1. The fourth-order valence-electron chi connectivity index (χ4n) is 1.63. The number of aromatic amines is 1. The number of hydrogen-bond donors (Lipinski definition) is 1. The maximum Gasteiger partial charge on any atom is 0.195 e. The van der Waals surface area contributed by atoms with Crippen molar-refractivity contribution < 1.29 is 0 Å². The Morgan fingerprint density at radius 2 is 2.12 bits per heavy atom. The number of halogens is 1. The van der Waals surface area contributed by atoms with Gasteiger partial charge in [0, 0.05) is 16.2 Å². The molecule has 2 rings (SSSR count). The highest BCUT2D eigenvalue weighted by molar-refractivity contribution is 9.10. The van der Waals surface area contributed by atoms with Gasteiger partial charge in [0.1, 0.15) is 5.69 Å². The Labute approximate surface area is 113 Å². The van der Waals surface area contributed by atoms with Crippen LogP contribution >= 0.6 is 28.1 Å². The van der Waals surface area contributed by atoms with Crippen molar-refractivity contribution in [1.82, 2.24) is 19.7 Å². The summed E-state index contributed by atoms with van der Waals surface area (Å²) in [4.78, 5) is 4.34. The van der Waals surface area contributed by atoms with Crippen LogP contribution in [0.4, 0.5) is 0 Å². The number of rotatable bonds is 1. The van der Waals surface area contributed by atoms with Crippen molar-refractivity contribution >= 4 is 28.1 Å². The van der Waals surface area contributed by atoms with Gasteiger partial charge >= 0.3 is 0 Å². The lowest BCUT2D eigenvalue weighted by Crippen LogP contribution is -2.23. The summed E-state index contributed by atoms with van der Waals surface area (Å²) in [6.45, 7) is 6.25. The van der Waals surface area contributed by atoms with Gasteiger partial charge in [-0.2, -0.15) is 5.10 Å². The van der Waals surface area contributed by atoms with E-state index in [9.17, 15) is 0 Å². The van der Waals surface area contributed by atoms with Gasteiger partial charge in [-0.05, 0) is 61.1 Å². The number of pyridine rings is 1. The summed E-state index contributed by atoms with van der Waals surface area (Å²) < 4.78 is 3.47. The maximum absolute atomic E-state index is 5.27. The fraction of sp³-hybridized carbons (Fsp3) is 0.364. The predicted octanol–water partition coefficient (Wildman–Crippen LogP) is 3.52. The SMILES string of the molecule is CC(C)(C)n1c(-c2ncccc2Br)n[nH]c1=S. The normalized spacial score (nSPS) is 11.8. The zero-order chi connectivity index (χ0) is 12.6. The summed E-state index contributed by atoms with van der Waals surface area (Å²) in [7, 11) is 0. The van der Waals surface area contributed by atoms with Crippen molar-refractivity contribution in [3.63, 3.8) is 0 Å². The Morgan fingerprint density at radius 1 is 1.41 bits per heavy atom. The second-order valence-electron chi connectivity index (χ2n) is 4.69. The molecule has 0 atom stereocenters. The quantitative estimate of drug-likeness (QED) is 0.819. The first-order valence-corrected chi connectivity index (χ1v) is 6.40. The summed E-state index contributed by atoms with van der Waals surface area (Å²) in [5.41, 5.74) is 0.644. The topological polar surface area (TPSA) is 46.5 Å². The molecule has 2 aromatic rings. The molecule has 0 spiro atoms. The van der Waals surface area contributed by atoms with E-state index >= 15 is 0 Å². The Kier molecular flexibility index (Phi) is 3.18. The molecule has 0 fully saturated rings. The van der Waals surface area contributed by atoms with Crippen LogP contribution in [0.3, 0.4) is 0 Å². The predicted molar refractivity (Wildman–Crippen MR) is 73.3 cm³/mol. The third-order valence-electron chi connectivity index (χ3n) is 2.31. The second-order valence-corrected chi connectivity index (χ2v) is 5.93. The largest absolute Gasteiger partial charge is 0.293 e. The molecule has 0 aliphatic carbocycles. The molecule has 0 aromatic carbocycles. The highest BCUT2D eigenvalue weighted by Crippen LogP contribution is 2.28. The molecular formula is C11H13BrN4S. The summed E-state index contributed by atoms with van der Waals surface area (Å²) >= 11 is 8.75. The standard InChI is InChI=1S/C11H13BrN4S/c1-11(2,3)16-9(14-15-10(16)17)8-7(12)5-4-6-13-8/h4-6H,1-3H3,(H,15,17). The number of H-pyrrole nitrogens is 1. The first-order chi connectivity index (χ1) is 7.91. The van der Waals surface area contributed by atoms with Crippen LogP contribution in [0.1, 0.15) is 20.8 Å². The highest BCUT2D eigenvalue weighted by Gasteiger charge is 2.22. The zero-order valence-corrected chi connectivity index (χ0v) is 12.3. The van der Waals surface area contributed by atoms with Crippen molar-refractivity contribution in [2.45, 2.75) is 26.3 Å². The molecule has 0 saturated heterocycles. The van der Waals surface area contributed by atoms with Crippen LogP contribution in [-0.4, -0.2) is 19.7 Å². The molecular weight excluding hydrogens is 300 g/mol. The van der Waals surface area contributed by atoms with E-state index < -0.39 is 0 Å². The van der Waals surface area contributed by atoms with Crippen LogP contribution < -0.4 is 0 Å². The number of nitrogens with one attached hydrogen (secondary N) is 1. The smallest absolute Gasteiger partial charge is 0.195 e. The summed E-state index contributed by atoms with van der Waals surface area (Å²) in [6.07, 6.45) is 1.74. The minimum Gasteiger partial charge on any atom is -0.293 e. The van der Waals surface area contributed by atoms with E-state index in [1.165, 1.54) is 0 Å². The van der Waals surface area contributed by atoms with E-state index in [1.807, 2.05) is 16.7 Å². The van der Waals surface area contributed by atoms with Crippen LogP contribution in [0.25, 0.3) is 11.5 Å². The average molecular weight is 313 g/mol. The third kappa shape index (κ3) is 2.32. The molecule has 4 nitrogen and oxygen atoms in total. The van der Waals surface area contributed by atoms with Crippen LogP contribution in [0.5, 0.6) is 0 Å². The van der Waals surface area contributed by atoms with E-state index in [-0.39, 0.29) is 5.54 Å². The molecule has 0 bridgehead atoms. The first-order valence-electron chi connectivity index (χ1n) is 5.20. The molecule has 2 heterocycles. The molecule has 6 heteroatoms. The van der Waals surface area contributed by atoms with Gasteiger partial charge in [-0.25, -0.2) is 0 Å². The zero-order valence-electron chi connectivity index (χ0n) is 9.86. The van der Waals surface area contributed by atoms with Crippen molar-refractivity contribution in [3.8, 4) is 11.5 Å². The second kappa shape index (κ2) is 4.34.